The summed E-state index contributed by atoms with van der Waals surface area (Å²) in [5.41, 5.74) is 4.24. The minimum absolute atomic E-state index is 0.00400. The van der Waals surface area contributed by atoms with E-state index in [1.165, 1.54) is 18.9 Å². The standard InChI is InChI=1S/C44H60Cl2N4O14/c1-16(2)33-35(53)29(41(56)50(33)42-38(59-10)37(62-23(9)51)36(20(6)61-42)64-43(47)57)34(52)28-18(4)11-13-24-25(14-12-17(3)27(24)28)63-26-15-44(58,39(54)21(7)60-26)22(8)49-40(55)32-31(46)30(45)19(5)48-32/h11,13,16,18,20-22,24-28,33,36-39,42,48,52,54,58H,3,12,14-15H2,1-2,4-10H3,(H2,47,57)(H,49,55)/b34-29-/t18-,20+,21+,22-,24-,25+,26-,27-,28-,33-,36+,37+,38+,39+,42+,44+/m0/s1. The van der Waals surface area contributed by atoms with Gasteiger partial charge in [-0.2, -0.15) is 0 Å². The number of esters is 1. The molecule has 0 bridgehead atoms. The van der Waals surface area contributed by atoms with Crippen molar-refractivity contribution in [1.82, 2.24) is 15.2 Å². The van der Waals surface area contributed by atoms with Crippen molar-refractivity contribution in [3.63, 3.8) is 0 Å². The van der Waals surface area contributed by atoms with Crippen molar-refractivity contribution in [1.29, 1.82) is 0 Å². The number of hydrogen-bond acceptors (Lipinski definition) is 14. The first-order chi connectivity index (χ1) is 29.9. The second-order valence-electron chi connectivity index (χ2n) is 18.0. The van der Waals surface area contributed by atoms with Gasteiger partial charge in [0.1, 0.15) is 40.9 Å². The molecule has 0 aromatic carbocycles. The summed E-state index contributed by atoms with van der Waals surface area (Å²) >= 11 is 12.5. The summed E-state index contributed by atoms with van der Waals surface area (Å²) in [6.45, 7) is 17.2. The number of amides is 3. The van der Waals surface area contributed by atoms with Gasteiger partial charge in [-0.3, -0.25) is 24.1 Å². The molecule has 0 unspecified atom stereocenters. The van der Waals surface area contributed by atoms with Gasteiger partial charge in [0.05, 0.1) is 34.4 Å². The van der Waals surface area contributed by atoms with Crippen LogP contribution in [0.2, 0.25) is 10.0 Å². The lowest BCUT2D eigenvalue weighted by molar-refractivity contribution is -0.296. The second-order valence-corrected chi connectivity index (χ2v) is 18.8. The summed E-state index contributed by atoms with van der Waals surface area (Å²) in [5.74, 6) is -5.95. The highest BCUT2D eigenvalue weighted by molar-refractivity contribution is 6.44. The molecule has 0 radical (unpaired) electrons. The van der Waals surface area contributed by atoms with Crippen LogP contribution in [0.1, 0.15) is 83.9 Å². The van der Waals surface area contributed by atoms with Crippen LogP contribution in [0.3, 0.4) is 0 Å². The number of hydrogen-bond donors (Lipinski definition) is 6. The maximum absolute atomic E-state index is 14.8. The van der Waals surface area contributed by atoms with E-state index in [1.54, 1.807) is 34.6 Å². The van der Waals surface area contributed by atoms with Gasteiger partial charge in [-0.25, -0.2) is 4.79 Å². The van der Waals surface area contributed by atoms with E-state index >= 15 is 0 Å². The molecule has 0 spiro atoms. The molecule has 6 rings (SSSR count). The molecule has 354 valence electrons. The molecule has 3 saturated heterocycles. The topological polar surface area (TPSA) is 258 Å². The van der Waals surface area contributed by atoms with E-state index < -0.39 is 144 Å². The highest BCUT2D eigenvalue weighted by Crippen LogP contribution is 2.51. The molecule has 64 heavy (non-hydrogen) atoms. The second kappa shape index (κ2) is 19.1. The summed E-state index contributed by atoms with van der Waals surface area (Å²) in [6.07, 6.45) is -6.73. The van der Waals surface area contributed by atoms with E-state index in [9.17, 15) is 39.3 Å². The van der Waals surface area contributed by atoms with Gasteiger partial charge in [0.25, 0.3) is 11.8 Å². The number of nitrogens with one attached hydrogen (secondary N) is 2. The Morgan fingerprint density at radius 3 is 2.30 bits per heavy atom. The van der Waals surface area contributed by atoms with Gasteiger partial charge in [-0.05, 0) is 58.3 Å². The molecule has 3 amide bonds. The quantitative estimate of drug-likeness (QED) is 0.0599. The molecule has 1 saturated carbocycles. The third-order valence-corrected chi connectivity index (χ3v) is 14.4. The number of aromatic amines is 1. The SMILES string of the molecule is C=C1CC[C@@H](O[C@H]2C[C@@](O)([C@H](C)NC(=O)c3[nH]c(C)c(Cl)c3Cl)[C@H](O)[C@@H](C)O2)[C@@H]2C=C[C@H](C)[C@H](/C(O)=C3\C(=O)[C@H](C(C)C)N([C@@H]4O[C@H](C)[C@@H](OC(N)=O)[C@@H](OC(C)=O)[C@H]4OC)C3=O)[C@@H]12. The number of allylic oxidation sites excluding steroid dienone is 3. The van der Waals surface area contributed by atoms with Crippen LogP contribution in [0.4, 0.5) is 4.79 Å². The summed E-state index contributed by atoms with van der Waals surface area (Å²) in [6, 6.07) is -2.17. The lowest BCUT2D eigenvalue weighted by Gasteiger charge is -2.50. The average Bonchev–Trinajstić information content (AvgIpc) is 3.63. The van der Waals surface area contributed by atoms with Crippen LogP contribution in [0.5, 0.6) is 0 Å². The monoisotopic (exact) mass is 938 g/mol. The number of aromatic nitrogens is 1. The molecule has 18 nitrogen and oxygen atoms in total. The Labute approximate surface area is 381 Å². The predicted molar refractivity (Wildman–Crippen MR) is 230 cm³/mol. The average molecular weight is 940 g/mol. The van der Waals surface area contributed by atoms with Crippen molar-refractivity contribution < 1.29 is 67.7 Å². The van der Waals surface area contributed by atoms with Gasteiger partial charge >= 0.3 is 12.1 Å². The molecular formula is C44H60Cl2N4O14. The largest absolute Gasteiger partial charge is 0.511 e. The number of ketones is 1. The number of nitrogens with two attached hydrogens (primary N) is 1. The van der Waals surface area contributed by atoms with Crippen LogP contribution in [0.15, 0.2) is 35.6 Å². The number of ether oxygens (including phenoxy) is 6. The fourth-order valence-corrected chi connectivity index (χ4v) is 10.7. The molecule has 1 aromatic heterocycles. The third-order valence-electron chi connectivity index (χ3n) is 13.5. The minimum atomic E-state index is -1.92. The number of aryl methyl sites for hydroxylation is 1. The highest BCUT2D eigenvalue weighted by Gasteiger charge is 2.59. The lowest BCUT2D eigenvalue weighted by atomic mass is 9.61. The van der Waals surface area contributed by atoms with E-state index in [4.69, 9.17) is 57.4 Å². The Hall–Kier alpha value is -4.01. The first kappa shape index (κ1) is 49.4. The van der Waals surface area contributed by atoms with Crippen molar-refractivity contribution in [3.05, 3.63) is 57.1 Å². The zero-order chi connectivity index (χ0) is 47.4. The van der Waals surface area contributed by atoms with Crippen molar-refractivity contribution in [2.75, 3.05) is 7.11 Å². The number of aliphatic hydroxyl groups is 3. The number of likely N-dealkylation sites (tertiary alicyclic amines) is 1. The van der Waals surface area contributed by atoms with Crippen molar-refractivity contribution in [2.24, 2.45) is 35.3 Å². The number of nitrogens with zero attached hydrogens (tertiary/aromatic N) is 1. The van der Waals surface area contributed by atoms with Gasteiger partial charge in [0, 0.05) is 38.0 Å². The summed E-state index contributed by atoms with van der Waals surface area (Å²) < 4.78 is 35.6. The molecular weight excluding hydrogens is 879 g/mol. The van der Waals surface area contributed by atoms with Crippen LogP contribution < -0.4 is 11.1 Å². The fourth-order valence-electron chi connectivity index (χ4n) is 10.3. The summed E-state index contributed by atoms with van der Waals surface area (Å²) in [4.78, 5) is 70.8. The molecule has 4 heterocycles. The highest BCUT2D eigenvalue weighted by atomic mass is 35.5. The Kier molecular flexibility index (Phi) is 14.7. The van der Waals surface area contributed by atoms with E-state index in [2.05, 4.69) is 16.9 Å². The maximum Gasteiger partial charge on any atom is 0.405 e. The Morgan fingerprint density at radius 2 is 1.72 bits per heavy atom. The number of halogens is 2. The molecule has 4 fully saturated rings. The van der Waals surface area contributed by atoms with Gasteiger partial charge in [0.2, 0.25) is 0 Å². The zero-order valence-electron chi connectivity index (χ0n) is 37.3. The number of methoxy groups -OCH3 is 1. The molecule has 3 aliphatic heterocycles. The van der Waals surface area contributed by atoms with Crippen LogP contribution in [0.25, 0.3) is 0 Å². The predicted octanol–water partition coefficient (Wildman–Crippen LogP) is 4.17. The lowest BCUT2D eigenvalue weighted by Crippen LogP contribution is -2.66. The molecule has 1 aromatic rings. The third kappa shape index (κ3) is 8.96. The van der Waals surface area contributed by atoms with Crippen molar-refractivity contribution >= 4 is 52.9 Å². The number of primary amides is 1. The van der Waals surface area contributed by atoms with E-state index in [1.807, 2.05) is 19.1 Å². The summed E-state index contributed by atoms with van der Waals surface area (Å²) in [7, 11) is 1.29. The van der Waals surface area contributed by atoms with E-state index in [0.717, 1.165) is 12.5 Å². The number of rotatable bonds is 11. The smallest absolute Gasteiger partial charge is 0.405 e. The minimum Gasteiger partial charge on any atom is -0.511 e. The number of carbonyl (C=O) groups is 5. The van der Waals surface area contributed by atoms with Crippen LogP contribution in [-0.2, 0) is 42.8 Å². The molecule has 5 aliphatic rings. The molecule has 2 aliphatic carbocycles. The van der Waals surface area contributed by atoms with Gasteiger partial charge in [-0.1, -0.05) is 68.3 Å². The van der Waals surface area contributed by atoms with Crippen molar-refractivity contribution in [3.8, 4) is 0 Å². The molecule has 20 heteroatoms. The van der Waals surface area contributed by atoms with Gasteiger partial charge in [0.15, 0.2) is 30.5 Å². The van der Waals surface area contributed by atoms with E-state index in [0.29, 0.717) is 18.5 Å². The Bertz CT molecular complexity index is 2090. The molecule has 7 N–H and O–H groups in total. The number of H-pyrrole nitrogens is 1. The number of fused-ring (bicyclic) bond motifs is 1. The Morgan fingerprint density at radius 1 is 1.05 bits per heavy atom. The summed E-state index contributed by atoms with van der Waals surface area (Å²) in [5, 5.41) is 38.6. The zero-order valence-corrected chi connectivity index (χ0v) is 38.8. The van der Waals surface area contributed by atoms with Crippen LogP contribution in [-0.4, -0.2) is 135 Å². The van der Waals surface area contributed by atoms with Crippen LogP contribution >= 0.6 is 23.2 Å². The number of aliphatic hydroxyl groups excluding tert-OH is 2. The first-order valence-electron chi connectivity index (χ1n) is 21.5. The first-order valence-corrected chi connectivity index (χ1v) is 22.2. The normalized spacial score (nSPS) is 37.9. The maximum atomic E-state index is 14.8. The van der Waals surface area contributed by atoms with Crippen LogP contribution in [0, 0.1) is 36.5 Å². The van der Waals surface area contributed by atoms with Gasteiger partial charge in [-0.15, -0.1) is 0 Å². The molecule has 16 atom stereocenters. The number of carbonyl (C=O) groups excluding carboxylic acids is 5. The fraction of sp³-hybridized carbons (Fsp3) is 0.659. The Balaban J connectivity index is 1.27. The van der Waals surface area contributed by atoms with E-state index in [-0.39, 0.29) is 22.2 Å². The number of Topliss-reactive ketones (excluding diaryl/α,β-unsaturated/α-hetero) is 1. The van der Waals surface area contributed by atoms with Gasteiger partial charge < -0.3 is 59.8 Å². The van der Waals surface area contributed by atoms with Crippen molar-refractivity contribution in [2.45, 2.75) is 148 Å².